The molecule has 2 atom stereocenters. The van der Waals surface area contributed by atoms with E-state index in [1.54, 1.807) is 0 Å². The van der Waals surface area contributed by atoms with E-state index in [1.807, 2.05) is 12.2 Å². The Morgan fingerprint density at radius 1 is 1.05 bits per heavy atom. The van der Waals surface area contributed by atoms with Gasteiger partial charge in [-0.1, -0.05) is 12.2 Å². The summed E-state index contributed by atoms with van der Waals surface area (Å²) in [7, 11) is 0. The fourth-order valence-electron chi connectivity index (χ4n) is 3.10. The van der Waals surface area contributed by atoms with Crippen LogP contribution in [0.1, 0.15) is 32.1 Å². The van der Waals surface area contributed by atoms with Gasteiger partial charge in [0.15, 0.2) is 0 Å². The van der Waals surface area contributed by atoms with Crippen molar-refractivity contribution in [3.63, 3.8) is 0 Å². The minimum atomic E-state index is -0.293. The summed E-state index contributed by atoms with van der Waals surface area (Å²) in [6.45, 7) is -0.181. The molecule has 0 aromatic carbocycles. The molecule has 0 aromatic heterocycles. The second kappa shape index (κ2) is 5.95. The molecule has 0 spiro atoms. The maximum atomic E-state index is 10.7. The summed E-state index contributed by atoms with van der Waals surface area (Å²) in [4.78, 5) is 20.7. The van der Waals surface area contributed by atoms with Gasteiger partial charge in [0, 0.05) is 9.85 Å². The molecule has 0 saturated heterocycles. The third-order valence-electron chi connectivity index (χ3n) is 3.90. The summed E-state index contributed by atoms with van der Waals surface area (Å²) < 4.78 is 0. The van der Waals surface area contributed by atoms with E-state index in [4.69, 9.17) is 0 Å². The van der Waals surface area contributed by atoms with Crippen LogP contribution in [0.25, 0.3) is 0 Å². The molecule has 0 saturated carbocycles. The highest BCUT2D eigenvalue weighted by molar-refractivity contribution is 5.15. The van der Waals surface area contributed by atoms with Gasteiger partial charge in [0.1, 0.15) is 0 Å². The lowest BCUT2D eigenvalue weighted by Gasteiger charge is -2.18. The minimum Gasteiger partial charge on any atom is -0.264 e. The average molecular weight is 266 g/mol. The van der Waals surface area contributed by atoms with Gasteiger partial charge in [0.2, 0.25) is 13.1 Å². The second-order valence-electron chi connectivity index (χ2n) is 5.52. The zero-order valence-corrected chi connectivity index (χ0v) is 10.8. The van der Waals surface area contributed by atoms with Crippen LogP contribution in [-0.2, 0) is 0 Å². The number of rotatable bonds is 4. The average Bonchev–Trinajstić information content (AvgIpc) is 2.40. The van der Waals surface area contributed by atoms with Gasteiger partial charge in [-0.15, -0.1) is 0 Å². The lowest BCUT2D eigenvalue weighted by molar-refractivity contribution is -0.471. The Hall–Kier alpha value is -1.72. The van der Waals surface area contributed by atoms with Crippen LogP contribution in [-0.4, -0.2) is 22.9 Å². The second-order valence-corrected chi connectivity index (χ2v) is 5.52. The van der Waals surface area contributed by atoms with Gasteiger partial charge in [-0.05, 0) is 55.1 Å². The van der Waals surface area contributed by atoms with Gasteiger partial charge in [-0.3, -0.25) is 20.2 Å². The molecule has 2 aliphatic rings. The van der Waals surface area contributed by atoms with Gasteiger partial charge >= 0.3 is 0 Å². The number of allylic oxidation sites excluding steroid dienone is 2. The first-order valence-corrected chi connectivity index (χ1v) is 6.64. The van der Waals surface area contributed by atoms with Crippen LogP contribution in [0, 0.1) is 32.1 Å². The third-order valence-corrected chi connectivity index (χ3v) is 3.90. The summed E-state index contributed by atoms with van der Waals surface area (Å²) in [5.74, 6) is 0.629. The van der Waals surface area contributed by atoms with Crippen LogP contribution in [0.4, 0.5) is 0 Å². The van der Waals surface area contributed by atoms with E-state index in [-0.39, 0.29) is 28.9 Å². The van der Waals surface area contributed by atoms with Gasteiger partial charge in [0.25, 0.3) is 0 Å². The molecule has 0 aromatic rings. The number of fused-ring (bicyclic) bond motifs is 3. The zero-order valence-electron chi connectivity index (χ0n) is 10.8. The Labute approximate surface area is 111 Å². The predicted octanol–water partition coefficient (Wildman–Crippen LogP) is 2.60. The van der Waals surface area contributed by atoms with Gasteiger partial charge in [-0.25, -0.2) is 0 Å². The molecular weight excluding hydrogens is 248 g/mol. The molecule has 0 radical (unpaired) electrons. The standard InChI is InChI=1S/C13H18N2O4/c16-14(17)8-12-4-2-10-1-3-11(6-12)7-13(5-10)9-15(18)19/h4,7,10-11H,1-3,5-6,8-9H2/b12-4+/t10-,11+/m1/s1. The highest BCUT2D eigenvalue weighted by Gasteiger charge is 2.25. The molecule has 104 valence electrons. The lowest BCUT2D eigenvalue weighted by Crippen LogP contribution is -2.11. The maximum Gasteiger partial charge on any atom is 0.224 e. The molecule has 0 heterocycles. The van der Waals surface area contributed by atoms with E-state index in [1.165, 1.54) is 0 Å². The van der Waals surface area contributed by atoms with Crippen molar-refractivity contribution in [2.75, 3.05) is 13.1 Å². The molecule has 0 unspecified atom stereocenters. The van der Waals surface area contributed by atoms with Crippen molar-refractivity contribution in [2.45, 2.75) is 32.1 Å². The van der Waals surface area contributed by atoms with E-state index in [0.717, 1.165) is 36.8 Å². The van der Waals surface area contributed by atoms with E-state index in [9.17, 15) is 20.2 Å². The summed E-state index contributed by atoms with van der Waals surface area (Å²) in [6, 6.07) is 0. The summed E-state index contributed by atoms with van der Waals surface area (Å²) >= 11 is 0. The molecule has 6 nitrogen and oxygen atoms in total. The molecule has 0 aliphatic heterocycles. The first-order chi connectivity index (χ1) is 9.02. The SMILES string of the molecule is O=[N+]([O-])CC1=C[C@H]2CC[C@H](C/C=C(/C[N+](=O)[O-])C2)C1. The molecule has 2 rings (SSSR count). The normalized spacial score (nSPS) is 29.5. The Morgan fingerprint density at radius 3 is 2.42 bits per heavy atom. The molecule has 6 heteroatoms. The van der Waals surface area contributed by atoms with Gasteiger partial charge in [-0.2, -0.15) is 0 Å². The highest BCUT2D eigenvalue weighted by Crippen LogP contribution is 2.35. The van der Waals surface area contributed by atoms with Crippen LogP contribution in [0.15, 0.2) is 23.3 Å². The van der Waals surface area contributed by atoms with E-state index < -0.39 is 0 Å². The number of hydrogen-bond donors (Lipinski definition) is 0. The van der Waals surface area contributed by atoms with Gasteiger partial charge in [0.05, 0.1) is 0 Å². The first kappa shape index (κ1) is 13.7. The topological polar surface area (TPSA) is 86.3 Å². The Morgan fingerprint density at radius 2 is 1.74 bits per heavy atom. The number of hydrogen-bond acceptors (Lipinski definition) is 4. The molecule has 19 heavy (non-hydrogen) atoms. The largest absolute Gasteiger partial charge is 0.264 e. The summed E-state index contributed by atoms with van der Waals surface area (Å²) in [6.07, 6.45) is 8.29. The van der Waals surface area contributed by atoms with Crippen molar-refractivity contribution in [3.05, 3.63) is 43.5 Å². The lowest BCUT2D eigenvalue weighted by atomic mass is 9.87. The summed E-state index contributed by atoms with van der Waals surface area (Å²) in [5.41, 5.74) is 1.77. The fraction of sp³-hybridized carbons (Fsp3) is 0.692. The van der Waals surface area contributed by atoms with Crippen LogP contribution in [0.3, 0.4) is 0 Å². The maximum absolute atomic E-state index is 10.7. The van der Waals surface area contributed by atoms with E-state index >= 15 is 0 Å². The van der Waals surface area contributed by atoms with Crippen molar-refractivity contribution in [1.82, 2.24) is 0 Å². The first-order valence-electron chi connectivity index (χ1n) is 6.64. The quantitative estimate of drug-likeness (QED) is 0.444. The Bertz CT molecular complexity index is 442. The summed E-state index contributed by atoms with van der Waals surface area (Å²) in [5, 5.41) is 21.3. The van der Waals surface area contributed by atoms with Crippen LogP contribution in [0.2, 0.25) is 0 Å². The monoisotopic (exact) mass is 266 g/mol. The molecule has 2 aliphatic carbocycles. The molecule has 0 fully saturated rings. The van der Waals surface area contributed by atoms with Crippen molar-refractivity contribution >= 4 is 0 Å². The Kier molecular flexibility index (Phi) is 4.29. The van der Waals surface area contributed by atoms with Crippen molar-refractivity contribution in [1.29, 1.82) is 0 Å². The fourth-order valence-corrected chi connectivity index (χ4v) is 3.10. The van der Waals surface area contributed by atoms with Crippen LogP contribution >= 0.6 is 0 Å². The smallest absolute Gasteiger partial charge is 0.224 e. The molecular formula is C13H18N2O4. The van der Waals surface area contributed by atoms with Crippen molar-refractivity contribution in [2.24, 2.45) is 11.8 Å². The predicted molar refractivity (Wildman–Crippen MR) is 70.0 cm³/mol. The molecule has 0 N–H and O–H groups in total. The highest BCUT2D eigenvalue weighted by atomic mass is 16.6. The minimum absolute atomic E-state index is 0.0857. The zero-order chi connectivity index (χ0) is 13.8. The third kappa shape index (κ3) is 4.15. The number of nitro groups is 2. The number of nitrogens with zero attached hydrogens (tertiary/aromatic N) is 2. The van der Waals surface area contributed by atoms with Gasteiger partial charge < -0.3 is 0 Å². The van der Waals surface area contributed by atoms with Crippen molar-refractivity contribution in [3.8, 4) is 0 Å². The Balaban J connectivity index is 2.14. The van der Waals surface area contributed by atoms with Crippen LogP contribution < -0.4 is 0 Å². The molecule has 0 amide bonds. The van der Waals surface area contributed by atoms with E-state index in [0.29, 0.717) is 12.3 Å². The molecule has 2 bridgehead atoms. The van der Waals surface area contributed by atoms with Crippen LogP contribution in [0.5, 0.6) is 0 Å². The van der Waals surface area contributed by atoms with Crippen molar-refractivity contribution < 1.29 is 9.85 Å². The van der Waals surface area contributed by atoms with E-state index in [2.05, 4.69) is 0 Å².